The van der Waals surface area contributed by atoms with Crippen LogP contribution >= 0.6 is 116 Å². The molecule has 0 nitrogen and oxygen atoms in total. The van der Waals surface area contributed by atoms with E-state index in [0.717, 1.165) is 6.42 Å². The molecular formula is C16H8Cl10. The van der Waals surface area contributed by atoms with Crippen molar-refractivity contribution in [1.82, 2.24) is 0 Å². The Morgan fingerprint density at radius 3 is 0.923 bits per heavy atom. The molecule has 2 aromatic carbocycles. The second-order valence-electron chi connectivity index (χ2n) is 5.31. The van der Waals surface area contributed by atoms with Crippen LogP contribution in [0.25, 0.3) is 0 Å². The molecule has 0 bridgehead atoms. The van der Waals surface area contributed by atoms with Gasteiger partial charge >= 0.3 is 0 Å². The van der Waals surface area contributed by atoms with Crippen LogP contribution in [0.5, 0.6) is 0 Å². The van der Waals surface area contributed by atoms with E-state index in [-0.39, 0.29) is 50.2 Å². The first-order valence-electron chi connectivity index (χ1n) is 7.08. The van der Waals surface area contributed by atoms with Gasteiger partial charge in [0.25, 0.3) is 0 Å². The minimum absolute atomic E-state index is 0.0618. The summed E-state index contributed by atoms with van der Waals surface area (Å²) in [7, 11) is 0. The van der Waals surface area contributed by atoms with E-state index in [1.165, 1.54) is 0 Å². The lowest BCUT2D eigenvalue weighted by Gasteiger charge is -2.25. The molecule has 0 aliphatic rings. The Labute approximate surface area is 201 Å². The lowest BCUT2D eigenvalue weighted by molar-refractivity contribution is 0.699. The smallest absolute Gasteiger partial charge is 0.0809 e. The van der Waals surface area contributed by atoms with Gasteiger partial charge in [-0.15, -0.1) is 0 Å². The van der Waals surface area contributed by atoms with Crippen molar-refractivity contribution in [1.29, 1.82) is 0 Å². The lowest BCUT2D eigenvalue weighted by atomic mass is 9.87. The molecule has 142 valence electrons. The van der Waals surface area contributed by atoms with Gasteiger partial charge in [-0.1, -0.05) is 129 Å². The molecule has 0 radical (unpaired) electrons. The average Bonchev–Trinajstić information content (AvgIpc) is 2.61. The highest BCUT2D eigenvalue weighted by atomic mass is 35.5. The maximum atomic E-state index is 6.43. The molecule has 2 rings (SSSR count). The van der Waals surface area contributed by atoms with Gasteiger partial charge in [-0.05, 0) is 6.42 Å². The van der Waals surface area contributed by atoms with Gasteiger partial charge in [-0.2, -0.15) is 0 Å². The first-order chi connectivity index (χ1) is 12.1. The van der Waals surface area contributed by atoms with Crippen LogP contribution < -0.4 is 0 Å². The lowest BCUT2D eigenvalue weighted by Crippen LogP contribution is -2.07. The zero-order valence-corrected chi connectivity index (χ0v) is 20.3. The Balaban J connectivity index is 2.91. The third-order valence-corrected chi connectivity index (χ3v) is 8.37. The summed E-state index contributed by atoms with van der Waals surface area (Å²) in [5, 5.41) is 1.05. The van der Waals surface area contributed by atoms with Crippen molar-refractivity contribution in [3.05, 3.63) is 61.4 Å². The Hall–Kier alpha value is 1.34. The summed E-state index contributed by atoms with van der Waals surface area (Å²) in [6.45, 7) is 1.97. The topological polar surface area (TPSA) is 0 Å². The van der Waals surface area contributed by atoms with Crippen LogP contribution in [0.15, 0.2) is 0 Å². The van der Waals surface area contributed by atoms with Gasteiger partial charge in [0.05, 0.1) is 50.2 Å². The third-order valence-electron chi connectivity index (χ3n) is 3.76. The van der Waals surface area contributed by atoms with Crippen LogP contribution in [0, 0.1) is 0 Å². The molecule has 0 saturated heterocycles. The summed E-state index contributed by atoms with van der Waals surface area (Å²) in [4.78, 5) is 0. The molecule has 10 heteroatoms. The molecule has 0 saturated carbocycles. The number of halogens is 10. The van der Waals surface area contributed by atoms with Crippen LogP contribution in [-0.2, 0) is 0 Å². The number of hydrogen-bond donors (Lipinski definition) is 0. The van der Waals surface area contributed by atoms with Gasteiger partial charge < -0.3 is 0 Å². The van der Waals surface area contributed by atoms with Crippen molar-refractivity contribution in [3.63, 3.8) is 0 Å². The van der Waals surface area contributed by atoms with Gasteiger partial charge in [0.2, 0.25) is 0 Å². The molecule has 0 amide bonds. The minimum atomic E-state index is -0.487. The normalized spacial score (nSPS) is 11.5. The molecule has 2 aromatic rings. The summed E-state index contributed by atoms with van der Waals surface area (Å²) in [5.74, 6) is -0.487. The quantitative estimate of drug-likeness (QED) is 0.260. The van der Waals surface area contributed by atoms with Crippen LogP contribution in [0.3, 0.4) is 0 Å². The van der Waals surface area contributed by atoms with E-state index in [4.69, 9.17) is 116 Å². The number of benzene rings is 2. The Morgan fingerprint density at radius 2 is 0.692 bits per heavy atom. The van der Waals surface area contributed by atoms with E-state index < -0.39 is 5.92 Å². The molecule has 0 aliphatic heterocycles. The van der Waals surface area contributed by atoms with Crippen LogP contribution in [-0.4, -0.2) is 0 Å². The molecule has 0 N–H and O–H groups in total. The van der Waals surface area contributed by atoms with E-state index >= 15 is 0 Å². The van der Waals surface area contributed by atoms with Gasteiger partial charge in [0.15, 0.2) is 0 Å². The maximum absolute atomic E-state index is 6.43. The summed E-state index contributed by atoms with van der Waals surface area (Å²) in [6.07, 6.45) is 1.29. The molecular weight excluding hydrogens is 547 g/mol. The monoisotopic (exact) mass is 550 g/mol. The van der Waals surface area contributed by atoms with Crippen molar-refractivity contribution < 1.29 is 0 Å². The predicted molar refractivity (Wildman–Crippen MR) is 120 cm³/mol. The molecule has 0 atom stereocenters. The number of rotatable bonds is 4. The molecule has 0 unspecified atom stereocenters. The Bertz CT molecular complexity index is 747. The van der Waals surface area contributed by atoms with Crippen LogP contribution in [0.4, 0.5) is 0 Å². The number of hydrogen-bond acceptors (Lipinski definition) is 0. The summed E-state index contributed by atoms with van der Waals surface area (Å²) in [5.41, 5.74) is 0.876. The molecule has 0 aliphatic carbocycles. The summed E-state index contributed by atoms with van der Waals surface area (Å²) in [6, 6.07) is 0. The third kappa shape index (κ3) is 4.12. The maximum Gasteiger partial charge on any atom is 0.0809 e. The van der Waals surface area contributed by atoms with E-state index in [9.17, 15) is 0 Å². The van der Waals surface area contributed by atoms with Crippen molar-refractivity contribution >= 4 is 116 Å². The van der Waals surface area contributed by atoms with Crippen molar-refractivity contribution in [2.75, 3.05) is 0 Å². The van der Waals surface area contributed by atoms with Crippen LogP contribution in [0.2, 0.25) is 50.2 Å². The van der Waals surface area contributed by atoms with Crippen molar-refractivity contribution in [2.45, 2.75) is 25.7 Å². The van der Waals surface area contributed by atoms with Gasteiger partial charge in [-0.3, -0.25) is 0 Å². The molecule has 0 fully saturated rings. The Morgan fingerprint density at radius 1 is 0.462 bits per heavy atom. The van der Waals surface area contributed by atoms with Crippen LogP contribution in [0.1, 0.15) is 36.8 Å². The highest BCUT2D eigenvalue weighted by molar-refractivity contribution is 6.56. The van der Waals surface area contributed by atoms with Gasteiger partial charge in [0.1, 0.15) is 0 Å². The van der Waals surface area contributed by atoms with E-state index in [1.807, 2.05) is 6.92 Å². The fourth-order valence-electron chi connectivity index (χ4n) is 2.58. The zero-order chi connectivity index (χ0) is 19.9. The SMILES string of the molecule is CCCC(c1c(Cl)c(Cl)c(Cl)c(Cl)c1Cl)c1c(Cl)c(Cl)c(Cl)c(Cl)c1Cl. The van der Waals surface area contributed by atoms with Gasteiger partial charge in [-0.25, -0.2) is 0 Å². The molecule has 26 heavy (non-hydrogen) atoms. The fraction of sp³-hybridized carbons (Fsp3) is 0.250. The van der Waals surface area contributed by atoms with E-state index in [0.29, 0.717) is 17.5 Å². The first-order valence-corrected chi connectivity index (χ1v) is 10.9. The molecule has 0 heterocycles. The summed E-state index contributed by atoms with van der Waals surface area (Å²) < 4.78 is 0. The highest BCUT2D eigenvalue weighted by Crippen LogP contribution is 2.54. The average molecular weight is 555 g/mol. The first kappa shape index (κ1) is 23.6. The van der Waals surface area contributed by atoms with Crippen molar-refractivity contribution in [3.8, 4) is 0 Å². The Kier molecular flexibility index (Phi) is 8.57. The van der Waals surface area contributed by atoms with E-state index in [1.54, 1.807) is 0 Å². The molecule has 0 aromatic heterocycles. The second-order valence-corrected chi connectivity index (χ2v) is 9.09. The second kappa shape index (κ2) is 9.43. The fourth-order valence-corrected chi connectivity index (χ4v) is 5.41. The highest BCUT2D eigenvalue weighted by Gasteiger charge is 2.31. The molecule has 0 spiro atoms. The minimum Gasteiger partial charge on any atom is -0.0823 e. The van der Waals surface area contributed by atoms with E-state index in [2.05, 4.69) is 0 Å². The summed E-state index contributed by atoms with van der Waals surface area (Å²) >= 11 is 62.7. The zero-order valence-electron chi connectivity index (χ0n) is 12.8. The van der Waals surface area contributed by atoms with Crippen molar-refractivity contribution in [2.24, 2.45) is 0 Å². The standard InChI is InChI=1S/C16H8Cl10/c1-2-3-4(5-7(17)11(21)15(25)12(22)8(5)18)6-9(19)13(23)16(26)14(24)10(6)20/h4H,2-3H2,1H3. The largest absolute Gasteiger partial charge is 0.0823 e. The van der Waals surface area contributed by atoms with Gasteiger partial charge in [0, 0.05) is 17.0 Å². The predicted octanol–water partition coefficient (Wildman–Crippen LogP) is 11.2.